The van der Waals surface area contributed by atoms with Crippen molar-refractivity contribution in [3.63, 3.8) is 0 Å². The predicted molar refractivity (Wildman–Crippen MR) is 122 cm³/mol. The summed E-state index contributed by atoms with van der Waals surface area (Å²) >= 11 is 0. The zero-order chi connectivity index (χ0) is 22.1. The van der Waals surface area contributed by atoms with Gasteiger partial charge in [-0.15, -0.1) is 0 Å². The van der Waals surface area contributed by atoms with Crippen LogP contribution in [0.15, 0.2) is 54.2 Å². The summed E-state index contributed by atoms with van der Waals surface area (Å²) in [7, 11) is 3.68. The number of ether oxygens (including phenoxy) is 1. The molecule has 0 aromatic heterocycles. The zero-order valence-corrected chi connectivity index (χ0v) is 18.6. The number of piperazine rings is 1. The summed E-state index contributed by atoms with van der Waals surface area (Å²) in [5.41, 5.74) is 3.47. The number of carbonyl (C=O) groups is 2. The lowest BCUT2D eigenvalue weighted by molar-refractivity contribution is -0.120. The highest BCUT2D eigenvalue weighted by Crippen LogP contribution is 2.36. The van der Waals surface area contributed by atoms with E-state index in [1.807, 2.05) is 48.5 Å². The zero-order valence-electron chi connectivity index (χ0n) is 18.6. The fourth-order valence-electron chi connectivity index (χ4n) is 4.10. The molecular weight excluding hydrogens is 390 g/mol. The maximum atomic E-state index is 13.6. The van der Waals surface area contributed by atoms with Gasteiger partial charge in [-0.25, -0.2) is 4.90 Å². The first kappa shape index (κ1) is 21.1. The van der Waals surface area contributed by atoms with Gasteiger partial charge in [0.2, 0.25) is 0 Å². The Balaban J connectivity index is 1.76. The second-order valence-corrected chi connectivity index (χ2v) is 8.43. The van der Waals surface area contributed by atoms with Crippen molar-refractivity contribution >= 4 is 23.1 Å². The number of methoxy groups -OCH3 is 1. The summed E-state index contributed by atoms with van der Waals surface area (Å²) in [5, 5.41) is 0. The van der Waals surface area contributed by atoms with E-state index in [1.54, 1.807) is 7.11 Å². The topological polar surface area (TPSA) is 53.1 Å². The normalized spacial score (nSPS) is 17.8. The van der Waals surface area contributed by atoms with E-state index in [-0.39, 0.29) is 11.8 Å². The van der Waals surface area contributed by atoms with Gasteiger partial charge in [0.05, 0.1) is 18.4 Å². The molecule has 162 valence electrons. The van der Waals surface area contributed by atoms with E-state index in [4.69, 9.17) is 4.74 Å². The van der Waals surface area contributed by atoms with E-state index >= 15 is 0 Å². The smallest absolute Gasteiger partial charge is 0.282 e. The van der Waals surface area contributed by atoms with Gasteiger partial charge in [-0.1, -0.05) is 38.1 Å². The molecule has 4 rings (SSSR count). The summed E-state index contributed by atoms with van der Waals surface area (Å²) in [6, 6.07) is 15.0. The lowest BCUT2D eigenvalue weighted by atomic mass is 10.0. The number of nitrogens with zero attached hydrogens (tertiary/aromatic N) is 3. The molecule has 2 aliphatic heterocycles. The lowest BCUT2D eigenvalue weighted by Crippen LogP contribution is -2.46. The van der Waals surface area contributed by atoms with Gasteiger partial charge in [0.1, 0.15) is 11.4 Å². The number of benzene rings is 2. The maximum Gasteiger partial charge on any atom is 0.282 e. The van der Waals surface area contributed by atoms with Crippen molar-refractivity contribution in [3.05, 3.63) is 65.4 Å². The van der Waals surface area contributed by atoms with Gasteiger partial charge in [0.25, 0.3) is 11.8 Å². The second-order valence-electron chi connectivity index (χ2n) is 8.43. The molecule has 0 aliphatic carbocycles. The fourth-order valence-corrected chi connectivity index (χ4v) is 4.10. The summed E-state index contributed by atoms with van der Waals surface area (Å²) in [6.07, 6.45) is 0. The highest BCUT2D eigenvalue weighted by atomic mass is 16.5. The molecule has 2 aromatic rings. The first-order valence-corrected chi connectivity index (χ1v) is 10.7. The van der Waals surface area contributed by atoms with Crippen molar-refractivity contribution in [2.75, 3.05) is 45.2 Å². The monoisotopic (exact) mass is 419 g/mol. The van der Waals surface area contributed by atoms with Crippen LogP contribution in [0, 0.1) is 0 Å². The highest BCUT2D eigenvalue weighted by Gasteiger charge is 2.42. The number of hydrogen-bond acceptors (Lipinski definition) is 5. The van der Waals surface area contributed by atoms with Crippen LogP contribution in [0.1, 0.15) is 30.9 Å². The third-order valence-corrected chi connectivity index (χ3v) is 6.08. The number of hydrogen-bond donors (Lipinski definition) is 0. The summed E-state index contributed by atoms with van der Waals surface area (Å²) < 4.78 is 5.26. The molecule has 0 bridgehead atoms. The maximum absolute atomic E-state index is 13.6. The summed E-state index contributed by atoms with van der Waals surface area (Å²) in [6.45, 7) is 7.37. The van der Waals surface area contributed by atoms with Crippen molar-refractivity contribution in [1.82, 2.24) is 9.80 Å². The van der Waals surface area contributed by atoms with Crippen molar-refractivity contribution in [2.24, 2.45) is 0 Å². The minimum Gasteiger partial charge on any atom is -0.497 e. The molecule has 1 fully saturated rings. The van der Waals surface area contributed by atoms with Crippen molar-refractivity contribution < 1.29 is 14.3 Å². The molecule has 6 heteroatoms. The SMILES string of the molecule is COc1ccc(C2=C(N3CCN(C)CC3)C(=O)N(c3ccc(C(C)C)cc3)C2=O)cc1. The third-order valence-electron chi connectivity index (χ3n) is 6.08. The van der Waals surface area contributed by atoms with E-state index < -0.39 is 0 Å². The number of rotatable bonds is 5. The summed E-state index contributed by atoms with van der Waals surface area (Å²) in [5.74, 6) is 0.565. The first-order valence-electron chi connectivity index (χ1n) is 10.7. The van der Waals surface area contributed by atoms with Gasteiger partial charge in [-0.3, -0.25) is 9.59 Å². The summed E-state index contributed by atoms with van der Waals surface area (Å²) in [4.78, 5) is 32.8. The average Bonchev–Trinajstić information content (AvgIpc) is 3.04. The third kappa shape index (κ3) is 3.95. The van der Waals surface area contributed by atoms with E-state index in [1.165, 1.54) is 10.5 Å². The van der Waals surface area contributed by atoms with E-state index in [2.05, 4.69) is 30.7 Å². The average molecular weight is 420 g/mol. The number of likely N-dealkylation sites (N-methyl/N-ethyl adjacent to an activating group) is 1. The number of carbonyl (C=O) groups excluding carboxylic acids is 2. The van der Waals surface area contributed by atoms with Gasteiger partial charge in [0, 0.05) is 26.2 Å². The van der Waals surface area contributed by atoms with Crippen LogP contribution < -0.4 is 9.64 Å². The largest absolute Gasteiger partial charge is 0.497 e. The van der Waals surface area contributed by atoms with Crippen LogP contribution in [0.2, 0.25) is 0 Å². The van der Waals surface area contributed by atoms with Crippen LogP contribution in [0.5, 0.6) is 5.75 Å². The second kappa shape index (κ2) is 8.55. The lowest BCUT2D eigenvalue weighted by Gasteiger charge is -2.34. The van der Waals surface area contributed by atoms with Gasteiger partial charge in [0.15, 0.2) is 0 Å². The van der Waals surface area contributed by atoms with Crippen LogP contribution in [-0.4, -0.2) is 62.0 Å². The molecule has 0 N–H and O–H groups in total. The number of anilines is 1. The Hall–Kier alpha value is -3.12. The van der Waals surface area contributed by atoms with E-state index in [9.17, 15) is 9.59 Å². The van der Waals surface area contributed by atoms with Crippen LogP contribution in [0.3, 0.4) is 0 Å². The Morgan fingerprint density at radius 1 is 0.839 bits per heavy atom. The van der Waals surface area contributed by atoms with Gasteiger partial charge < -0.3 is 14.5 Å². The fraction of sp³-hybridized carbons (Fsp3) is 0.360. The Kier molecular flexibility index (Phi) is 5.83. The molecule has 2 amide bonds. The predicted octanol–water partition coefficient (Wildman–Crippen LogP) is 3.35. The van der Waals surface area contributed by atoms with Crippen molar-refractivity contribution in [1.29, 1.82) is 0 Å². The molecule has 6 nitrogen and oxygen atoms in total. The number of imide groups is 1. The van der Waals surface area contributed by atoms with Crippen molar-refractivity contribution in [2.45, 2.75) is 19.8 Å². The molecule has 2 aromatic carbocycles. The molecule has 0 spiro atoms. The minimum absolute atomic E-state index is 0.252. The molecule has 0 radical (unpaired) electrons. The van der Waals surface area contributed by atoms with E-state index in [0.29, 0.717) is 41.7 Å². The molecule has 0 atom stereocenters. The molecule has 0 saturated carbocycles. The quantitative estimate of drug-likeness (QED) is 0.696. The first-order chi connectivity index (χ1) is 14.9. The van der Waals surface area contributed by atoms with Crippen LogP contribution in [0.25, 0.3) is 5.57 Å². The van der Waals surface area contributed by atoms with Gasteiger partial charge in [-0.2, -0.15) is 0 Å². The van der Waals surface area contributed by atoms with Crippen molar-refractivity contribution in [3.8, 4) is 5.75 Å². The minimum atomic E-state index is -0.276. The molecule has 2 aliphatic rings. The molecule has 0 unspecified atom stereocenters. The Morgan fingerprint density at radius 2 is 1.45 bits per heavy atom. The van der Waals surface area contributed by atoms with Crippen LogP contribution in [0.4, 0.5) is 5.69 Å². The van der Waals surface area contributed by atoms with Gasteiger partial charge >= 0.3 is 0 Å². The van der Waals surface area contributed by atoms with Crippen LogP contribution in [-0.2, 0) is 9.59 Å². The molecule has 31 heavy (non-hydrogen) atoms. The standard InChI is InChI=1S/C25H29N3O3/c1-17(2)18-5-9-20(10-6-18)28-24(29)22(19-7-11-21(31-4)12-8-19)23(25(28)30)27-15-13-26(3)14-16-27/h5-12,17H,13-16H2,1-4H3. The van der Waals surface area contributed by atoms with Crippen LogP contribution >= 0.6 is 0 Å². The molecular formula is C25H29N3O3. The van der Waals surface area contributed by atoms with Gasteiger partial charge in [-0.05, 0) is 48.4 Å². The Morgan fingerprint density at radius 3 is 2.00 bits per heavy atom. The Bertz CT molecular complexity index is 1000. The molecule has 1 saturated heterocycles. The Labute approximate surface area is 183 Å². The highest BCUT2D eigenvalue weighted by molar-refractivity contribution is 6.45. The number of amides is 2. The molecule has 2 heterocycles. The van der Waals surface area contributed by atoms with E-state index in [0.717, 1.165) is 18.7 Å².